The van der Waals surface area contributed by atoms with Gasteiger partial charge in [0, 0.05) is 45.8 Å². The fourth-order valence-corrected chi connectivity index (χ4v) is 7.65. The average Bonchev–Trinajstić information content (AvgIpc) is 3.66. The molecule has 0 saturated carbocycles. The number of nitrogens with one attached hydrogen (secondary N) is 1. The van der Waals surface area contributed by atoms with Crippen LogP contribution in [-0.2, 0) is 12.8 Å². The largest absolute Gasteiger partial charge is 0.507 e. The van der Waals surface area contributed by atoms with Gasteiger partial charge in [0.25, 0.3) is 0 Å². The second-order valence-corrected chi connectivity index (χ2v) is 14.4. The molecule has 0 unspecified atom stereocenters. The van der Waals surface area contributed by atoms with Gasteiger partial charge in [-0.1, -0.05) is 140 Å². The van der Waals surface area contributed by atoms with Gasteiger partial charge in [-0.05, 0) is 96.7 Å². The van der Waals surface area contributed by atoms with Crippen LogP contribution in [-0.4, -0.2) is 23.0 Å². The summed E-state index contributed by atoms with van der Waals surface area (Å²) in [6, 6.07) is 40.8. The minimum Gasteiger partial charge on any atom is -0.507 e. The monoisotopic (exact) mass is 743 g/mol. The Kier molecular flexibility index (Phi) is 11.3. The molecular weight excluding hydrogens is 699 g/mol. The summed E-state index contributed by atoms with van der Waals surface area (Å²) < 4.78 is 6.51. The maximum Gasteiger partial charge on any atom is 0.161 e. The number of aliphatic hydroxyl groups excluding tert-OH is 1. The third-order valence-corrected chi connectivity index (χ3v) is 10.6. The first-order valence-corrected chi connectivity index (χ1v) is 19.8. The van der Waals surface area contributed by atoms with E-state index in [1.807, 2.05) is 73.7 Å². The van der Waals surface area contributed by atoms with E-state index in [1.165, 1.54) is 28.5 Å². The lowest BCUT2D eigenvalue weighted by Gasteiger charge is -2.12. The quantitative estimate of drug-likeness (QED) is 0.0669. The van der Waals surface area contributed by atoms with Crippen LogP contribution < -0.4 is 0 Å². The first kappa shape index (κ1) is 37.1. The van der Waals surface area contributed by atoms with Crippen LogP contribution in [0.3, 0.4) is 0 Å². The highest BCUT2D eigenvalue weighted by Crippen LogP contribution is 2.38. The first-order chi connectivity index (χ1) is 28.1. The predicted octanol–water partition coefficient (Wildman–Crippen LogP) is 13.3. The number of aliphatic hydroxyl groups is 1. The number of benzene rings is 5. The molecule has 8 rings (SSSR count). The van der Waals surface area contributed by atoms with Gasteiger partial charge in [0.1, 0.15) is 17.1 Å². The molecule has 5 nitrogen and oxygen atoms in total. The Morgan fingerprint density at radius 3 is 2.26 bits per heavy atom. The summed E-state index contributed by atoms with van der Waals surface area (Å²) in [7, 11) is 0. The van der Waals surface area contributed by atoms with Crippen molar-refractivity contribution < 1.29 is 9.52 Å². The van der Waals surface area contributed by atoms with Gasteiger partial charge in [0.05, 0.1) is 0 Å². The van der Waals surface area contributed by atoms with Gasteiger partial charge >= 0.3 is 0 Å². The summed E-state index contributed by atoms with van der Waals surface area (Å²) >= 11 is 0. The van der Waals surface area contributed by atoms with Crippen molar-refractivity contribution in [3.63, 3.8) is 0 Å². The molecule has 2 aliphatic rings. The van der Waals surface area contributed by atoms with Crippen molar-refractivity contribution >= 4 is 40.0 Å². The zero-order chi connectivity index (χ0) is 39.0. The van der Waals surface area contributed by atoms with Gasteiger partial charge in [0.15, 0.2) is 11.7 Å². The number of allylic oxidation sites excluding steroid dienone is 9. The smallest absolute Gasteiger partial charge is 0.161 e. The van der Waals surface area contributed by atoms with Crippen molar-refractivity contribution in [2.24, 2.45) is 9.98 Å². The fraction of sp³-hybridized carbons (Fsp3) is 0.135. The van der Waals surface area contributed by atoms with E-state index in [1.54, 1.807) is 18.4 Å². The number of nitrogens with zero attached hydrogens (tertiary/aromatic N) is 2. The Hall–Kier alpha value is -6.85. The Morgan fingerprint density at radius 2 is 1.46 bits per heavy atom. The molecule has 0 radical (unpaired) electrons. The molecule has 0 fully saturated rings. The van der Waals surface area contributed by atoms with Gasteiger partial charge in [-0.15, -0.1) is 0 Å². The maximum absolute atomic E-state index is 11.4. The molecule has 6 aromatic rings. The minimum absolute atomic E-state index is 0.101. The molecule has 0 amide bonds. The van der Waals surface area contributed by atoms with E-state index in [-0.39, 0.29) is 11.6 Å². The van der Waals surface area contributed by atoms with Gasteiger partial charge in [-0.3, -0.25) is 5.41 Å². The van der Waals surface area contributed by atoms with Gasteiger partial charge in [0.2, 0.25) is 0 Å². The number of amidine groups is 2. The summed E-state index contributed by atoms with van der Waals surface area (Å²) in [6.07, 6.45) is 21.8. The van der Waals surface area contributed by atoms with Gasteiger partial charge in [-0.25, -0.2) is 9.98 Å². The summed E-state index contributed by atoms with van der Waals surface area (Å²) in [5.74, 6) is 1.69. The van der Waals surface area contributed by atoms with E-state index in [9.17, 15) is 5.11 Å². The molecule has 0 saturated heterocycles. The first-order valence-electron chi connectivity index (χ1n) is 19.8. The molecule has 0 spiro atoms. The number of aliphatic imine (C=N–C) groups is 2. The molecular formula is C52H45N3O2. The number of fused-ring (bicyclic) bond motifs is 3. The number of aryl methyl sites for hydroxylation is 2. The molecule has 0 bridgehead atoms. The summed E-state index contributed by atoms with van der Waals surface area (Å²) in [6.45, 7) is 1.91. The van der Waals surface area contributed by atoms with Crippen LogP contribution in [0.25, 0.3) is 44.4 Å². The number of rotatable bonds is 9. The highest BCUT2D eigenvalue weighted by atomic mass is 16.3. The third-order valence-electron chi connectivity index (χ3n) is 10.6. The molecule has 57 heavy (non-hydrogen) atoms. The number of hydrogen-bond donors (Lipinski definition) is 2. The molecule has 2 aliphatic carbocycles. The molecule has 2 N–H and O–H groups in total. The van der Waals surface area contributed by atoms with Crippen LogP contribution in [0, 0.1) is 5.41 Å². The van der Waals surface area contributed by atoms with E-state index in [0.29, 0.717) is 17.0 Å². The van der Waals surface area contributed by atoms with E-state index >= 15 is 0 Å². The van der Waals surface area contributed by atoms with Crippen molar-refractivity contribution in [1.82, 2.24) is 0 Å². The van der Waals surface area contributed by atoms with Crippen LogP contribution in [0.5, 0.6) is 0 Å². The van der Waals surface area contributed by atoms with Crippen molar-refractivity contribution in [3.8, 4) is 22.3 Å². The van der Waals surface area contributed by atoms with Crippen LogP contribution in [0.1, 0.15) is 66.2 Å². The van der Waals surface area contributed by atoms with E-state index in [0.717, 1.165) is 76.8 Å². The third kappa shape index (κ3) is 8.39. The van der Waals surface area contributed by atoms with Crippen LogP contribution in [0.2, 0.25) is 0 Å². The summed E-state index contributed by atoms with van der Waals surface area (Å²) in [5.41, 5.74) is 11.9. The predicted molar refractivity (Wildman–Crippen MR) is 238 cm³/mol. The Morgan fingerprint density at radius 1 is 0.719 bits per heavy atom. The van der Waals surface area contributed by atoms with Crippen molar-refractivity contribution in [2.45, 2.75) is 45.4 Å². The highest BCUT2D eigenvalue weighted by molar-refractivity contribution is 6.14. The number of furan rings is 1. The molecule has 280 valence electrons. The highest BCUT2D eigenvalue weighted by Gasteiger charge is 2.20. The van der Waals surface area contributed by atoms with Gasteiger partial charge in [-0.2, -0.15) is 0 Å². The standard InChI is InChI=1S/C52H45N3O2/c1-2-3-26-48(56)44(41-20-12-19-40(34-41)38-30-28-37(29-31-38)36-15-6-4-7-16-36)32-33-54-52(55-51(53)39-17-8-5-9-18-39)43-22-13-21-42(35-43)45-24-14-25-47-46-23-10-11-27-49(46)57-50(45)47/h2-6,8-9,12-15,17-22,24-26,28-35,53,56H,7,10-11,16,23,27H2,1H3/b3-2-,44-32+,48-26+,53-51?,54-33?,55-52?. The molecule has 5 heteroatoms. The molecule has 1 heterocycles. The molecule has 0 aliphatic heterocycles. The Labute approximate surface area is 334 Å². The fourth-order valence-electron chi connectivity index (χ4n) is 7.65. The summed E-state index contributed by atoms with van der Waals surface area (Å²) in [4.78, 5) is 9.67. The van der Waals surface area contributed by atoms with Crippen LogP contribution in [0.4, 0.5) is 0 Å². The normalized spacial score (nSPS) is 15.0. The minimum atomic E-state index is 0.101. The number of hydrogen-bond acceptors (Lipinski definition) is 3. The second kappa shape index (κ2) is 17.3. The lowest BCUT2D eigenvalue weighted by Crippen LogP contribution is -2.04. The zero-order valence-corrected chi connectivity index (χ0v) is 32.2. The topological polar surface area (TPSA) is 81.9 Å². The van der Waals surface area contributed by atoms with Crippen molar-refractivity contribution in [3.05, 3.63) is 203 Å². The average molecular weight is 744 g/mol. The van der Waals surface area contributed by atoms with E-state index in [2.05, 4.69) is 85.0 Å². The second-order valence-electron chi connectivity index (χ2n) is 14.4. The van der Waals surface area contributed by atoms with Crippen molar-refractivity contribution in [1.29, 1.82) is 5.41 Å². The molecule has 0 atom stereocenters. The Balaban J connectivity index is 1.17. The van der Waals surface area contributed by atoms with Gasteiger partial charge < -0.3 is 9.52 Å². The lowest BCUT2D eigenvalue weighted by molar-refractivity contribution is 0.438. The van der Waals surface area contributed by atoms with Crippen molar-refractivity contribution in [2.75, 3.05) is 0 Å². The van der Waals surface area contributed by atoms with E-state index in [4.69, 9.17) is 19.8 Å². The SMILES string of the molecule is C\C=C/C=C(O)\C(=C\C=NC(=NC(=N)c1ccccc1)c1cccc(-c2cccc3c4c(oc23)CCCC4)c1)c1cccc(-c2ccc(C3=CC=CCC3)cc2)c1. The van der Waals surface area contributed by atoms with Crippen LogP contribution >= 0.6 is 0 Å². The lowest BCUT2D eigenvalue weighted by atomic mass is 9.94. The molecule has 1 aromatic heterocycles. The van der Waals surface area contributed by atoms with Crippen LogP contribution in [0.15, 0.2) is 184 Å². The zero-order valence-electron chi connectivity index (χ0n) is 32.2. The maximum atomic E-state index is 11.4. The van der Waals surface area contributed by atoms with E-state index < -0.39 is 0 Å². The number of para-hydroxylation sites is 1. The summed E-state index contributed by atoms with van der Waals surface area (Å²) in [5, 5.41) is 21.5. The Bertz CT molecular complexity index is 2650. The molecule has 5 aromatic carbocycles.